The number of halogens is 1. The number of aromatic nitrogens is 1. The quantitative estimate of drug-likeness (QED) is 0.903. The van der Waals surface area contributed by atoms with Crippen molar-refractivity contribution in [1.82, 2.24) is 4.57 Å². The average molecular weight is 321 g/mol. The fraction of sp³-hybridized carbons (Fsp3) is 0.133. The number of carboxylic acids is 1. The number of hydrogen-bond donors (Lipinski definition) is 2. The van der Waals surface area contributed by atoms with Crippen LogP contribution in [0.2, 0.25) is 5.02 Å². The number of pyridine rings is 1. The molecule has 22 heavy (non-hydrogen) atoms. The molecule has 1 aromatic heterocycles. The van der Waals surface area contributed by atoms with E-state index in [0.29, 0.717) is 10.7 Å². The molecule has 0 saturated heterocycles. The number of nitrogens with one attached hydrogen (secondary N) is 1. The molecule has 0 unspecified atom stereocenters. The van der Waals surface area contributed by atoms with E-state index in [1.54, 1.807) is 18.2 Å². The molecule has 0 aliphatic heterocycles. The maximum Gasteiger partial charge on any atom is 0.341 e. The molecule has 2 rings (SSSR count). The van der Waals surface area contributed by atoms with Gasteiger partial charge in [-0.25, -0.2) is 4.79 Å². The summed E-state index contributed by atoms with van der Waals surface area (Å²) in [5.41, 5.74) is 0.261. The number of hydrogen-bond acceptors (Lipinski definition) is 3. The zero-order chi connectivity index (χ0) is 16.3. The van der Waals surface area contributed by atoms with Crippen LogP contribution in [0.5, 0.6) is 0 Å². The summed E-state index contributed by atoms with van der Waals surface area (Å²) in [6.45, 7) is 1.57. The van der Waals surface area contributed by atoms with Crippen molar-refractivity contribution in [3.63, 3.8) is 0 Å². The summed E-state index contributed by atoms with van der Waals surface area (Å²) in [6, 6.07) is 7.74. The van der Waals surface area contributed by atoms with Gasteiger partial charge in [-0.1, -0.05) is 17.7 Å². The molecular formula is C15H13ClN2O4. The number of aryl methyl sites for hydroxylation is 1. The maximum absolute atomic E-state index is 12.0. The second kappa shape index (κ2) is 6.44. The average Bonchev–Trinajstić information content (AvgIpc) is 2.44. The van der Waals surface area contributed by atoms with Gasteiger partial charge in [0.15, 0.2) is 0 Å². The summed E-state index contributed by atoms with van der Waals surface area (Å²) in [5.74, 6) is -1.81. The molecule has 1 heterocycles. The smallest absolute Gasteiger partial charge is 0.341 e. The van der Waals surface area contributed by atoms with Crippen LogP contribution in [0.4, 0.5) is 5.69 Å². The lowest BCUT2D eigenvalue weighted by molar-refractivity contribution is -0.116. The molecule has 1 amide bonds. The SMILES string of the molecule is Cc1ccc(NC(=O)Cn2cccc(C(=O)O)c2=O)c(Cl)c1. The third kappa shape index (κ3) is 3.53. The molecule has 0 spiro atoms. The van der Waals surface area contributed by atoms with Gasteiger partial charge in [-0.3, -0.25) is 9.59 Å². The van der Waals surface area contributed by atoms with Crippen LogP contribution in [0.3, 0.4) is 0 Å². The molecule has 2 N–H and O–H groups in total. The van der Waals surface area contributed by atoms with E-state index in [0.717, 1.165) is 10.1 Å². The zero-order valence-corrected chi connectivity index (χ0v) is 12.4. The number of nitrogens with zero attached hydrogens (tertiary/aromatic N) is 1. The van der Waals surface area contributed by atoms with Crippen LogP contribution in [-0.4, -0.2) is 21.6 Å². The minimum atomic E-state index is -1.33. The van der Waals surface area contributed by atoms with E-state index >= 15 is 0 Å². The summed E-state index contributed by atoms with van der Waals surface area (Å²) < 4.78 is 1.03. The molecule has 0 bridgehead atoms. The van der Waals surface area contributed by atoms with E-state index < -0.39 is 17.4 Å². The highest BCUT2D eigenvalue weighted by atomic mass is 35.5. The summed E-state index contributed by atoms with van der Waals surface area (Å²) in [5, 5.41) is 11.9. The summed E-state index contributed by atoms with van der Waals surface area (Å²) in [6.07, 6.45) is 1.35. The first-order chi connectivity index (χ1) is 10.4. The predicted octanol–water partition coefficient (Wildman–Crippen LogP) is 2.15. The van der Waals surface area contributed by atoms with Gasteiger partial charge >= 0.3 is 5.97 Å². The lowest BCUT2D eigenvalue weighted by Crippen LogP contribution is -2.30. The van der Waals surface area contributed by atoms with Crippen LogP contribution in [-0.2, 0) is 11.3 Å². The molecule has 0 fully saturated rings. The van der Waals surface area contributed by atoms with Gasteiger partial charge in [0.1, 0.15) is 12.1 Å². The Morgan fingerprint density at radius 2 is 2.05 bits per heavy atom. The van der Waals surface area contributed by atoms with Crippen LogP contribution in [0, 0.1) is 6.92 Å². The van der Waals surface area contributed by atoms with E-state index in [-0.39, 0.29) is 12.1 Å². The normalized spacial score (nSPS) is 10.3. The Labute approximate surface area is 131 Å². The van der Waals surface area contributed by atoms with Crippen LogP contribution < -0.4 is 10.9 Å². The number of benzene rings is 1. The monoisotopic (exact) mass is 320 g/mol. The first-order valence-electron chi connectivity index (χ1n) is 6.37. The topological polar surface area (TPSA) is 88.4 Å². The standard InChI is InChI=1S/C15H13ClN2O4/c1-9-4-5-12(11(16)7-9)17-13(19)8-18-6-2-3-10(14(18)20)15(21)22/h2-7H,8H2,1H3,(H,17,19)(H,21,22). The zero-order valence-electron chi connectivity index (χ0n) is 11.7. The second-order valence-corrected chi connectivity index (χ2v) is 5.10. The predicted molar refractivity (Wildman–Crippen MR) is 82.5 cm³/mol. The second-order valence-electron chi connectivity index (χ2n) is 4.69. The summed E-state index contributed by atoms with van der Waals surface area (Å²) in [7, 11) is 0. The van der Waals surface area contributed by atoms with Crippen molar-refractivity contribution in [1.29, 1.82) is 0 Å². The van der Waals surface area contributed by atoms with Crippen molar-refractivity contribution < 1.29 is 14.7 Å². The maximum atomic E-state index is 12.0. The van der Waals surface area contributed by atoms with E-state index in [1.807, 2.05) is 6.92 Å². The largest absolute Gasteiger partial charge is 0.477 e. The van der Waals surface area contributed by atoms with Gasteiger partial charge in [0.05, 0.1) is 10.7 Å². The third-order valence-electron chi connectivity index (χ3n) is 2.96. The highest BCUT2D eigenvalue weighted by Crippen LogP contribution is 2.22. The van der Waals surface area contributed by atoms with Gasteiger partial charge in [0.25, 0.3) is 5.56 Å². The minimum absolute atomic E-state index is 0.301. The molecule has 6 nitrogen and oxygen atoms in total. The molecule has 0 saturated carbocycles. The highest BCUT2D eigenvalue weighted by molar-refractivity contribution is 6.33. The molecule has 0 atom stereocenters. The molecule has 0 aliphatic carbocycles. The molecule has 2 aromatic rings. The van der Waals surface area contributed by atoms with E-state index in [2.05, 4.69) is 5.32 Å². The van der Waals surface area contributed by atoms with Gasteiger partial charge in [-0.2, -0.15) is 0 Å². The van der Waals surface area contributed by atoms with Crippen LogP contribution in [0.15, 0.2) is 41.3 Å². The summed E-state index contributed by atoms with van der Waals surface area (Å²) in [4.78, 5) is 34.8. The van der Waals surface area contributed by atoms with E-state index in [1.165, 1.54) is 18.3 Å². The van der Waals surface area contributed by atoms with Crippen molar-refractivity contribution in [2.24, 2.45) is 0 Å². The van der Waals surface area contributed by atoms with Gasteiger partial charge in [-0.05, 0) is 36.8 Å². The third-order valence-corrected chi connectivity index (χ3v) is 3.28. The molecular weight excluding hydrogens is 308 g/mol. The van der Waals surface area contributed by atoms with E-state index in [4.69, 9.17) is 16.7 Å². The Bertz CT molecular complexity index is 798. The number of carbonyl (C=O) groups excluding carboxylic acids is 1. The Morgan fingerprint density at radius 3 is 2.68 bits per heavy atom. The lowest BCUT2D eigenvalue weighted by atomic mass is 10.2. The summed E-state index contributed by atoms with van der Waals surface area (Å²) >= 11 is 6.01. The van der Waals surface area contributed by atoms with Crippen molar-refractivity contribution in [2.45, 2.75) is 13.5 Å². The number of anilines is 1. The Morgan fingerprint density at radius 1 is 1.32 bits per heavy atom. The van der Waals surface area contributed by atoms with Gasteiger partial charge in [0.2, 0.25) is 5.91 Å². The Hall–Kier alpha value is -2.60. The fourth-order valence-corrected chi connectivity index (χ4v) is 2.17. The lowest BCUT2D eigenvalue weighted by Gasteiger charge is -2.09. The molecule has 0 aliphatic rings. The van der Waals surface area contributed by atoms with Crippen molar-refractivity contribution in [3.8, 4) is 0 Å². The first-order valence-corrected chi connectivity index (χ1v) is 6.75. The molecule has 114 valence electrons. The van der Waals surface area contributed by atoms with Gasteiger partial charge in [-0.15, -0.1) is 0 Å². The van der Waals surface area contributed by atoms with Crippen molar-refractivity contribution in [2.75, 3.05) is 5.32 Å². The number of amides is 1. The number of carboxylic acid groups (broad SMARTS) is 1. The van der Waals surface area contributed by atoms with Crippen molar-refractivity contribution >= 4 is 29.2 Å². The number of aromatic carboxylic acids is 1. The molecule has 0 radical (unpaired) electrons. The van der Waals surface area contributed by atoms with Crippen LogP contribution in [0.25, 0.3) is 0 Å². The molecule has 1 aromatic carbocycles. The van der Waals surface area contributed by atoms with Crippen molar-refractivity contribution in [3.05, 3.63) is 63.0 Å². The highest BCUT2D eigenvalue weighted by Gasteiger charge is 2.13. The van der Waals surface area contributed by atoms with E-state index in [9.17, 15) is 14.4 Å². The fourth-order valence-electron chi connectivity index (χ4n) is 1.89. The molecule has 7 heteroatoms. The Balaban J connectivity index is 2.18. The Kier molecular flexibility index (Phi) is 4.62. The first kappa shape index (κ1) is 15.8. The van der Waals surface area contributed by atoms with Gasteiger partial charge in [0, 0.05) is 6.20 Å². The van der Waals surface area contributed by atoms with Crippen LogP contribution in [0.1, 0.15) is 15.9 Å². The number of rotatable bonds is 4. The van der Waals surface area contributed by atoms with Gasteiger partial charge < -0.3 is 15.0 Å². The van der Waals surface area contributed by atoms with Crippen LogP contribution >= 0.6 is 11.6 Å². The minimum Gasteiger partial charge on any atom is -0.477 e. The number of carbonyl (C=O) groups is 2.